The highest BCUT2D eigenvalue weighted by atomic mass is 32.2. The van der Waals surface area contributed by atoms with E-state index in [1.807, 2.05) is 42.5 Å². The molecule has 0 fully saturated rings. The Morgan fingerprint density at radius 2 is 1.91 bits per heavy atom. The number of benzene rings is 2. The van der Waals surface area contributed by atoms with Crippen LogP contribution in [-0.2, 0) is 16.0 Å². The molecule has 0 aromatic heterocycles. The molecule has 2 amide bonds. The van der Waals surface area contributed by atoms with Crippen molar-refractivity contribution in [3.63, 3.8) is 0 Å². The smallest absolute Gasteiger partial charge is 0.265 e. The molecule has 1 atom stereocenters. The third-order valence-corrected chi connectivity index (χ3v) is 4.55. The maximum atomic E-state index is 12.4. The molecule has 23 heavy (non-hydrogen) atoms. The molecule has 2 aromatic rings. The number of anilines is 1. The van der Waals surface area contributed by atoms with Gasteiger partial charge in [-0.1, -0.05) is 30.3 Å². The Labute approximate surface area is 138 Å². The van der Waals surface area contributed by atoms with Crippen molar-refractivity contribution in [2.24, 2.45) is 5.73 Å². The molecule has 118 valence electrons. The lowest BCUT2D eigenvalue weighted by molar-refractivity contribution is -0.122. The van der Waals surface area contributed by atoms with Crippen molar-refractivity contribution in [2.45, 2.75) is 17.4 Å². The zero-order valence-corrected chi connectivity index (χ0v) is 13.1. The van der Waals surface area contributed by atoms with E-state index < -0.39 is 12.0 Å². The van der Waals surface area contributed by atoms with Crippen molar-refractivity contribution in [2.75, 3.05) is 11.1 Å². The minimum absolute atomic E-state index is 0.165. The summed E-state index contributed by atoms with van der Waals surface area (Å²) in [4.78, 5) is 24.2. The molecule has 1 unspecified atom stereocenters. The number of hydrogen-bond acceptors (Lipinski definition) is 4. The molecule has 1 aliphatic rings. The van der Waals surface area contributed by atoms with Gasteiger partial charge in [0.05, 0.1) is 11.4 Å². The second-order valence-electron chi connectivity index (χ2n) is 5.16. The molecule has 2 aromatic carbocycles. The second kappa shape index (κ2) is 6.75. The molecule has 0 saturated carbocycles. The molecule has 3 rings (SSSR count). The monoisotopic (exact) mass is 328 g/mol. The van der Waals surface area contributed by atoms with Crippen molar-refractivity contribution in [3.8, 4) is 5.75 Å². The van der Waals surface area contributed by atoms with E-state index in [0.717, 1.165) is 16.2 Å². The van der Waals surface area contributed by atoms with E-state index in [4.69, 9.17) is 10.5 Å². The summed E-state index contributed by atoms with van der Waals surface area (Å²) in [7, 11) is 0. The summed E-state index contributed by atoms with van der Waals surface area (Å²) in [6.07, 6.45) is 0.0140. The number of amides is 2. The number of thioether (sulfide) groups is 1. The summed E-state index contributed by atoms with van der Waals surface area (Å²) in [5.41, 5.74) is 6.86. The molecule has 6 heteroatoms. The molecule has 0 aliphatic carbocycles. The number of nitrogens with two attached hydrogens (primary N) is 1. The van der Waals surface area contributed by atoms with E-state index >= 15 is 0 Å². The van der Waals surface area contributed by atoms with Crippen molar-refractivity contribution < 1.29 is 14.3 Å². The van der Waals surface area contributed by atoms with Crippen molar-refractivity contribution in [1.82, 2.24) is 0 Å². The van der Waals surface area contributed by atoms with E-state index in [2.05, 4.69) is 5.32 Å². The number of primary amides is 1. The van der Waals surface area contributed by atoms with E-state index in [-0.39, 0.29) is 11.7 Å². The highest BCUT2D eigenvalue weighted by Gasteiger charge is 2.29. The molecule has 1 heterocycles. The summed E-state index contributed by atoms with van der Waals surface area (Å²) in [5.74, 6) is 0.321. The Bertz CT molecular complexity index is 723. The normalized spacial score (nSPS) is 15.6. The van der Waals surface area contributed by atoms with Crippen LogP contribution in [0.5, 0.6) is 5.75 Å². The predicted octanol–water partition coefficient (Wildman–Crippen LogP) is 2.21. The minimum Gasteiger partial charge on any atom is -0.480 e. The number of rotatable bonds is 5. The second-order valence-corrected chi connectivity index (χ2v) is 6.18. The molecule has 1 aliphatic heterocycles. The molecular formula is C17H16N2O3S. The zero-order valence-electron chi connectivity index (χ0n) is 12.3. The van der Waals surface area contributed by atoms with Crippen LogP contribution in [0.3, 0.4) is 0 Å². The number of carbonyl (C=O) groups is 2. The Balaban J connectivity index is 1.68. The van der Waals surface area contributed by atoms with E-state index in [9.17, 15) is 9.59 Å². The summed E-state index contributed by atoms with van der Waals surface area (Å²) in [6, 6.07) is 14.9. The van der Waals surface area contributed by atoms with Gasteiger partial charge in [0.15, 0.2) is 6.10 Å². The van der Waals surface area contributed by atoms with Crippen molar-refractivity contribution in [3.05, 3.63) is 54.1 Å². The van der Waals surface area contributed by atoms with Crippen LogP contribution in [0.15, 0.2) is 53.4 Å². The average Bonchev–Trinajstić information content (AvgIpc) is 2.98. The maximum Gasteiger partial charge on any atom is 0.265 e. The van der Waals surface area contributed by atoms with Gasteiger partial charge in [-0.2, -0.15) is 0 Å². The fourth-order valence-electron chi connectivity index (χ4n) is 2.39. The predicted molar refractivity (Wildman–Crippen MR) is 89.6 cm³/mol. The topological polar surface area (TPSA) is 81.4 Å². The summed E-state index contributed by atoms with van der Waals surface area (Å²) in [5, 5.41) is 2.87. The van der Waals surface area contributed by atoms with Gasteiger partial charge in [0, 0.05) is 11.3 Å². The fraction of sp³-hybridized carbons (Fsp3) is 0.176. The van der Waals surface area contributed by atoms with E-state index in [1.165, 1.54) is 11.8 Å². The number of ether oxygens (including phenoxy) is 1. The first-order valence-corrected chi connectivity index (χ1v) is 8.17. The van der Waals surface area contributed by atoms with Crippen LogP contribution < -0.4 is 15.8 Å². The van der Waals surface area contributed by atoms with Gasteiger partial charge in [0.2, 0.25) is 5.91 Å². The van der Waals surface area contributed by atoms with Crippen LogP contribution in [-0.4, -0.2) is 23.7 Å². The van der Waals surface area contributed by atoms with Gasteiger partial charge < -0.3 is 15.8 Å². The number of hydrogen-bond donors (Lipinski definition) is 2. The first-order valence-electron chi connectivity index (χ1n) is 7.19. The quantitative estimate of drug-likeness (QED) is 0.825. The van der Waals surface area contributed by atoms with Crippen LogP contribution in [0.4, 0.5) is 5.69 Å². The van der Waals surface area contributed by atoms with Crippen LogP contribution in [0, 0.1) is 0 Å². The summed E-state index contributed by atoms with van der Waals surface area (Å²) in [6.45, 7) is 0. The summed E-state index contributed by atoms with van der Waals surface area (Å²) >= 11 is 1.30. The molecule has 0 spiro atoms. The average molecular weight is 328 g/mol. The fourth-order valence-corrected chi connectivity index (χ4v) is 3.13. The standard InChI is InChI=1S/C17H16N2O3S/c18-16(20)10-23-15-8-4-2-6-12(15)19-17(21)14-9-11-5-1-3-7-13(11)22-14/h1-8,14H,9-10H2,(H2,18,20)(H,19,21). The number of nitrogens with one attached hydrogen (secondary N) is 1. The lowest BCUT2D eigenvalue weighted by atomic mass is 10.1. The van der Waals surface area contributed by atoms with Gasteiger partial charge in [0.25, 0.3) is 5.91 Å². The molecule has 0 radical (unpaired) electrons. The Morgan fingerprint density at radius 3 is 2.70 bits per heavy atom. The number of para-hydroxylation sites is 2. The van der Waals surface area contributed by atoms with Gasteiger partial charge >= 0.3 is 0 Å². The van der Waals surface area contributed by atoms with Crippen molar-refractivity contribution >= 4 is 29.3 Å². The van der Waals surface area contributed by atoms with Gasteiger partial charge in [0.1, 0.15) is 5.75 Å². The van der Waals surface area contributed by atoms with Crippen LogP contribution in [0.25, 0.3) is 0 Å². The van der Waals surface area contributed by atoms with Crippen LogP contribution in [0.2, 0.25) is 0 Å². The lowest BCUT2D eigenvalue weighted by Crippen LogP contribution is -2.31. The zero-order chi connectivity index (χ0) is 16.2. The molecule has 0 bridgehead atoms. The Kier molecular flexibility index (Phi) is 4.52. The maximum absolute atomic E-state index is 12.4. The summed E-state index contributed by atoms with van der Waals surface area (Å²) < 4.78 is 5.69. The molecule has 3 N–H and O–H groups in total. The molecule has 5 nitrogen and oxygen atoms in total. The van der Waals surface area contributed by atoms with Crippen LogP contribution in [0.1, 0.15) is 5.56 Å². The van der Waals surface area contributed by atoms with Crippen molar-refractivity contribution in [1.29, 1.82) is 0 Å². The SMILES string of the molecule is NC(=O)CSc1ccccc1NC(=O)C1Cc2ccccc2O1. The third-order valence-electron chi connectivity index (χ3n) is 3.45. The van der Waals surface area contributed by atoms with Gasteiger partial charge in [-0.25, -0.2) is 0 Å². The first kappa shape index (κ1) is 15.4. The highest BCUT2D eigenvalue weighted by Crippen LogP contribution is 2.30. The lowest BCUT2D eigenvalue weighted by Gasteiger charge is -2.14. The number of fused-ring (bicyclic) bond motifs is 1. The van der Waals surface area contributed by atoms with Gasteiger partial charge in [-0.05, 0) is 23.8 Å². The van der Waals surface area contributed by atoms with Gasteiger partial charge in [-0.15, -0.1) is 11.8 Å². The molecular weight excluding hydrogens is 312 g/mol. The minimum atomic E-state index is -0.540. The van der Waals surface area contributed by atoms with Crippen LogP contribution >= 0.6 is 11.8 Å². The molecule has 0 saturated heterocycles. The Hall–Kier alpha value is -2.47. The Morgan fingerprint density at radius 1 is 1.17 bits per heavy atom. The third kappa shape index (κ3) is 3.65. The first-order chi connectivity index (χ1) is 11.1. The van der Waals surface area contributed by atoms with E-state index in [1.54, 1.807) is 6.07 Å². The van der Waals surface area contributed by atoms with E-state index in [0.29, 0.717) is 12.1 Å². The largest absolute Gasteiger partial charge is 0.480 e. The highest BCUT2D eigenvalue weighted by molar-refractivity contribution is 8.00. The number of carbonyl (C=O) groups excluding carboxylic acids is 2. The van der Waals surface area contributed by atoms with Gasteiger partial charge in [-0.3, -0.25) is 9.59 Å².